The van der Waals surface area contributed by atoms with E-state index in [0.29, 0.717) is 22.0 Å². The summed E-state index contributed by atoms with van der Waals surface area (Å²) < 4.78 is 5.14. The predicted octanol–water partition coefficient (Wildman–Crippen LogP) is 4.45. The molecule has 2 amide bonds. The van der Waals surface area contributed by atoms with Crippen molar-refractivity contribution in [1.82, 2.24) is 20.2 Å². The van der Waals surface area contributed by atoms with Crippen LogP contribution < -0.4 is 4.74 Å². The van der Waals surface area contributed by atoms with Crippen LogP contribution in [0.1, 0.15) is 26.3 Å². The summed E-state index contributed by atoms with van der Waals surface area (Å²) in [6.45, 7) is 0. The van der Waals surface area contributed by atoms with Crippen molar-refractivity contribution in [2.75, 3.05) is 7.11 Å². The van der Waals surface area contributed by atoms with E-state index in [-0.39, 0.29) is 11.1 Å². The molecule has 8 nitrogen and oxygen atoms in total. The van der Waals surface area contributed by atoms with E-state index < -0.39 is 11.8 Å². The molecule has 33 heavy (non-hydrogen) atoms. The smallest absolute Gasteiger partial charge is 0.281 e. The highest BCUT2D eigenvalue weighted by Crippen LogP contribution is 2.22. The number of hydrogen-bond donors (Lipinski definition) is 1. The second kappa shape index (κ2) is 9.88. The Kier molecular flexibility index (Phi) is 6.56. The summed E-state index contributed by atoms with van der Waals surface area (Å²) in [7, 11) is 1.53. The van der Waals surface area contributed by atoms with E-state index >= 15 is 0 Å². The molecule has 0 aliphatic carbocycles. The number of imide groups is 1. The van der Waals surface area contributed by atoms with Crippen LogP contribution in [0.2, 0.25) is 5.02 Å². The first-order chi connectivity index (χ1) is 16.1. The van der Waals surface area contributed by atoms with E-state index in [0.717, 1.165) is 10.6 Å². The Bertz CT molecular complexity index is 1290. The minimum Gasteiger partial charge on any atom is -0.497 e. The quantitative estimate of drug-likeness (QED) is 0.261. The molecule has 0 aliphatic heterocycles. The number of halogens is 1. The number of carbonyl (C=O) groups excluding carboxylic acids is 2. The predicted molar refractivity (Wildman–Crippen MR) is 124 cm³/mol. The van der Waals surface area contributed by atoms with Gasteiger partial charge in [-0.05, 0) is 48.5 Å². The van der Waals surface area contributed by atoms with Gasteiger partial charge >= 0.3 is 0 Å². The van der Waals surface area contributed by atoms with Crippen LogP contribution in [0.3, 0.4) is 0 Å². The highest BCUT2D eigenvalue weighted by atomic mass is 35.5. The zero-order valence-corrected chi connectivity index (χ0v) is 18.2. The fourth-order valence-electron chi connectivity index (χ4n) is 3.03. The molecule has 0 atom stereocenters. The first-order valence-corrected chi connectivity index (χ1v) is 10.2. The van der Waals surface area contributed by atoms with Gasteiger partial charge in [-0.3, -0.25) is 19.7 Å². The van der Waals surface area contributed by atoms with Gasteiger partial charge in [-0.15, -0.1) is 0 Å². The Labute approximate surface area is 194 Å². The van der Waals surface area contributed by atoms with Crippen molar-refractivity contribution in [2.45, 2.75) is 0 Å². The fourth-order valence-corrected chi connectivity index (χ4v) is 3.16. The lowest BCUT2D eigenvalue weighted by atomic mass is 10.1. The summed E-state index contributed by atoms with van der Waals surface area (Å²) in [5, 5.41) is 12.6. The standard InChI is InChI=1S/C24H18ClN5O3/c1-33-21-8-4-17(5-9-21)23(31)30(24(32)18-10-12-26-13-11-18)28-15-19-14-27-29-22(19)16-2-6-20(25)7-3-16/h2-15H,1H3,(H,27,29). The Morgan fingerprint density at radius 3 is 2.24 bits per heavy atom. The number of nitrogens with zero attached hydrogens (tertiary/aromatic N) is 4. The molecule has 4 rings (SSSR count). The zero-order valence-electron chi connectivity index (χ0n) is 17.5. The van der Waals surface area contributed by atoms with Crippen LogP contribution >= 0.6 is 11.6 Å². The first-order valence-electron chi connectivity index (χ1n) is 9.83. The van der Waals surface area contributed by atoms with Crippen molar-refractivity contribution in [3.63, 3.8) is 0 Å². The topological polar surface area (TPSA) is 101 Å². The van der Waals surface area contributed by atoms with Crippen LogP contribution in [-0.4, -0.2) is 45.3 Å². The van der Waals surface area contributed by atoms with Gasteiger partial charge in [0.15, 0.2) is 0 Å². The number of aromatic nitrogens is 3. The van der Waals surface area contributed by atoms with Gasteiger partial charge in [0.05, 0.1) is 25.2 Å². The molecule has 9 heteroatoms. The molecule has 2 aromatic carbocycles. The van der Waals surface area contributed by atoms with Gasteiger partial charge < -0.3 is 4.74 Å². The third-order valence-corrected chi connectivity index (χ3v) is 5.01. The number of rotatable bonds is 6. The lowest BCUT2D eigenvalue weighted by Gasteiger charge is -2.15. The molecule has 2 heterocycles. The van der Waals surface area contributed by atoms with Gasteiger partial charge in [0.1, 0.15) is 5.75 Å². The number of pyridine rings is 1. The number of nitrogens with one attached hydrogen (secondary N) is 1. The number of H-pyrrole nitrogens is 1. The molecule has 0 saturated heterocycles. The molecular formula is C24H18ClN5O3. The van der Waals surface area contributed by atoms with Crippen molar-refractivity contribution in [3.05, 3.63) is 101 Å². The summed E-state index contributed by atoms with van der Waals surface area (Å²) in [5.74, 6) is -0.591. The number of amides is 2. The van der Waals surface area contributed by atoms with Crippen molar-refractivity contribution >= 4 is 29.6 Å². The van der Waals surface area contributed by atoms with Gasteiger partial charge in [0, 0.05) is 39.7 Å². The third kappa shape index (κ3) is 4.97. The number of hydrogen-bond acceptors (Lipinski definition) is 6. The molecule has 4 aromatic rings. The van der Waals surface area contributed by atoms with Gasteiger partial charge in [-0.1, -0.05) is 23.7 Å². The van der Waals surface area contributed by atoms with Gasteiger partial charge in [0.2, 0.25) is 0 Å². The van der Waals surface area contributed by atoms with E-state index in [1.54, 1.807) is 42.6 Å². The van der Waals surface area contributed by atoms with Crippen molar-refractivity contribution in [1.29, 1.82) is 0 Å². The summed E-state index contributed by atoms with van der Waals surface area (Å²) in [6.07, 6.45) is 5.91. The lowest BCUT2D eigenvalue weighted by Crippen LogP contribution is -2.32. The molecule has 164 valence electrons. The summed E-state index contributed by atoms with van der Waals surface area (Å²) >= 11 is 5.97. The van der Waals surface area contributed by atoms with Gasteiger partial charge in [-0.25, -0.2) is 0 Å². The number of benzene rings is 2. The third-order valence-electron chi connectivity index (χ3n) is 4.76. The number of hydrazone groups is 1. The maximum Gasteiger partial charge on any atom is 0.281 e. The Morgan fingerprint density at radius 1 is 0.970 bits per heavy atom. The molecule has 2 aromatic heterocycles. The lowest BCUT2D eigenvalue weighted by molar-refractivity contribution is 0.0621. The number of methoxy groups -OCH3 is 1. The molecule has 0 aliphatic rings. The molecule has 0 bridgehead atoms. The van der Waals surface area contributed by atoms with Crippen LogP contribution in [0.15, 0.2) is 84.4 Å². The zero-order chi connectivity index (χ0) is 23.2. The van der Waals surface area contributed by atoms with Crippen LogP contribution in [-0.2, 0) is 0 Å². The molecule has 0 spiro atoms. The minimum absolute atomic E-state index is 0.272. The van der Waals surface area contributed by atoms with Crippen molar-refractivity contribution < 1.29 is 14.3 Å². The second-order valence-corrected chi connectivity index (χ2v) is 7.27. The summed E-state index contributed by atoms with van der Waals surface area (Å²) in [6, 6.07) is 16.6. The van der Waals surface area contributed by atoms with Crippen LogP contribution in [0.4, 0.5) is 0 Å². The van der Waals surface area contributed by atoms with Gasteiger partial charge in [0.25, 0.3) is 11.8 Å². The number of aromatic amines is 1. The van der Waals surface area contributed by atoms with E-state index in [9.17, 15) is 9.59 Å². The second-order valence-electron chi connectivity index (χ2n) is 6.84. The Balaban J connectivity index is 1.69. The van der Waals surface area contributed by atoms with Gasteiger partial charge in [-0.2, -0.15) is 15.2 Å². The molecule has 0 radical (unpaired) electrons. The number of carbonyl (C=O) groups is 2. The molecule has 1 N–H and O–H groups in total. The average Bonchev–Trinajstić information content (AvgIpc) is 3.33. The summed E-state index contributed by atoms with van der Waals surface area (Å²) in [4.78, 5) is 30.3. The fraction of sp³-hybridized carbons (Fsp3) is 0.0417. The van der Waals surface area contributed by atoms with Crippen LogP contribution in [0, 0.1) is 0 Å². The van der Waals surface area contributed by atoms with E-state index in [2.05, 4.69) is 20.3 Å². The monoisotopic (exact) mass is 459 g/mol. The SMILES string of the molecule is COc1ccc(C(=O)N(N=Cc2cn[nH]c2-c2ccc(Cl)cc2)C(=O)c2ccncc2)cc1. The number of ether oxygens (including phenoxy) is 1. The maximum atomic E-state index is 13.2. The maximum absolute atomic E-state index is 13.2. The molecular weight excluding hydrogens is 442 g/mol. The normalized spacial score (nSPS) is 10.8. The van der Waals surface area contributed by atoms with Crippen molar-refractivity contribution in [2.24, 2.45) is 5.10 Å². The Morgan fingerprint density at radius 2 is 1.61 bits per heavy atom. The summed E-state index contributed by atoms with van der Waals surface area (Å²) in [5.41, 5.74) is 2.64. The highest BCUT2D eigenvalue weighted by molar-refractivity contribution is 6.30. The Hall–Kier alpha value is -4.30. The first kappa shape index (κ1) is 21.9. The van der Waals surface area contributed by atoms with Crippen LogP contribution in [0.25, 0.3) is 11.3 Å². The molecule has 0 fully saturated rings. The minimum atomic E-state index is -0.592. The van der Waals surface area contributed by atoms with Crippen molar-refractivity contribution in [3.8, 4) is 17.0 Å². The highest BCUT2D eigenvalue weighted by Gasteiger charge is 2.24. The average molecular weight is 460 g/mol. The molecule has 0 saturated carbocycles. The van der Waals surface area contributed by atoms with E-state index in [1.807, 2.05) is 12.1 Å². The van der Waals surface area contributed by atoms with E-state index in [1.165, 1.54) is 37.9 Å². The van der Waals surface area contributed by atoms with E-state index in [4.69, 9.17) is 16.3 Å². The largest absolute Gasteiger partial charge is 0.497 e. The molecule has 0 unspecified atom stereocenters. The van der Waals surface area contributed by atoms with Crippen LogP contribution in [0.5, 0.6) is 5.75 Å².